The smallest absolute Gasteiger partial charge is 0.251 e. The van der Waals surface area contributed by atoms with Crippen molar-refractivity contribution in [3.63, 3.8) is 0 Å². The standard InChI is InChI=1S/C21H26Cl2N4O/c1-14(19-17(22)8-5-9-18(19)23)13-27-21(25-3)26-11-10-15-6-4-7-16(12-15)20(28)24-2/h4-9,12,14H,10-11,13H2,1-3H3,(H,24,28)(H2,25,26,27). The third-order valence-corrected chi connectivity index (χ3v) is 5.07. The van der Waals surface area contributed by atoms with Gasteiger partial charge in [-0.15, -0.1) is 0 Å². The van der Waals surface area contributed by atoms with E-state index >= 15 is 0 Å². The molecule has 0 saturated carbocycles. The van der Waals surface area contributed by atoms with Gasteiger partial charge in [-0.25, -0.2) is 0 Å². The lowest BCUT2D eigenvalue weighted by Gasteiger charge is -2.18. The minimum absolute atomic E-state index is 0.0838. The molecule has 0 aliphatic rings. The summed E-state index contributed by atoms with van der Waals surface area (Å²) in [5, 5.41) is 10.6. The predicted octanol–water partition coefficient (Wildman–Crippen LogP) is 3.86. The van der Waals surface area contributed by atoms with Gasteiger partial charge in [-0.2, -0.15) is 0 Å². The average molecular weight is 421 g/mol. The van der Waals surface area contributed by atoms with E-state index in [0.717, 1.165) is 17.5 Å². The molecule has 0 aliphatic heterocycles. The van der Waals surface area contributed by atoms with Gasteiger partial charge < -0.3 is 16.0 Å². The molecule has 1 unspecified atom stereocenters. The van der Waals surface area contributed by atoms with Crippen LogP contribution in [0.15, 0.2) is 47.5 Å². The van der Waals surface area contributed by atoms with E-state index in [9.17, 15) is 4.79 Å². The zero-order valence-electron chi connectivity index (χ0n) is 16.4. The van der Waals surface area contributed by atoms with Crippen LogP contribution in [-0.4, -0.2) is 39.1 Å². The Kier molecular flexibility index (Phi) is 8.61. The Hall–Kier alpha value is -2.24. The quantitative estimate of drug-likeness (QED) is 0.470. The van der Waals surface area contributed by atoms with Gasteiger partial charge in [0.05, 0.1) is 0 Å². The van der Waals surface area contributed by atoms with Gasteiger partial charge in [0.2, 0.25) is 0 Å². The third-order valence-electron chi connectivity index (χ3n) is 4.41. The summed E-state index contributed by atoms with van der Waals surface area (Å²) in [6.45, 7) is 3.41. The number of carbonyl (C=O) groups is 1. The second kappa shape index (κ2) is 10.9. The van der Waals surface area contributed by atoms with Gasteiger partial charge in [-0.3, -0.25) is 9.79 Å². The summed E-state index contributed by atoms with van der Waals surface area (Å²) in [5.74, 6) is 0.751. The van der Waals surface area contributed by atoms with Gasteiger partial charge in [0, 0.05) is 48.7 Å². The van der Waals surface area contributed by atoms with Crippen LogP contribution in [0.4, 0.5) is 0 Å². The van der Waals surface area contributed by atoms with E-state index in [1.54, 1.807) is 20.2 Å². The second-order valence-electron chi connectivity index (χ2n) is 6.45. The van der Waals surface area contributed by atoms with E-state index in [-0.39, 0.29) is 11.8 Å². The number of hydrogen-bond acceptors (Lipinski definition) is 2. The van der Waals surface area contributed by atoms with Gasteiger partial charge >= 0.3 is 0 Å². The van der Waals surface area contributed by atoms with Gasteiger partial charge in [0.15, 0.2) is 5.96 Å². The van der Waals surface area contributed by atoms with E-state index < -0.39 is 0 Å². The molecular weight excluding hydrogens is 395 g/mol. The Morgan fingerprint density at radius 1 is 1.11 bits per heavy atom. The van der Waals surface area contributed by atoms with Crippen molar-refractivity contribution in [2.45, 2.75) is 19.3 Å². The number of nitrogens with zero attached hydrogens (tertiary/aromatic N) is 1. The van der Waals surface area contributed by atoms with Crippen LogP contribution in [0.3, 0.4) is 0 Å². The Morgan fingerprint density at radius 3 is 2.43 bits per heavy atom. The van der Waals surface area contributed by atoms with Crippen molar-refractivity contribution in [3.8, 4) is 0 Å². The molecule has 0 radical (unpaired) electrons. The van der Waals surface area contributed by atoms with E-state index in [1.165, 1.54) is 0 Å². The van der Waals surface area contributed by atoms with Crippen LogP contribution in [0.5, 0.6) is 0 Å². The summed E-state index contributed by atoms with van der Waals surface area (Å²) in [6, 6.07) is 13.1. The van der Waals surface area contributed by atoms with Crippen LogP contribution in [0.2, 0.25) is 10.0 Å². The molecular formula is C21H26Cl2N4O. The maximum Gasteiger partial charge on any atom is 0.251 e. The van der Waals surface area contributed by atoms with E-state index in [4.69, 9.17) is 23.2 Å². The average Bonchev–Trinajstić information content (AvgIpc) is 2.70. The van der Waals surface area contributed by atoms with Crippen molar-refractivity contribution in [3.05, 3.63) is 69.2 Å². The molecule has 1 atom stereocenters. The zero-order valence-corrected chi connectivity index (χ0v) is 17.9. The van der Waals surface area contributed by atoms with E-state index in [2.05, 4.69) is 27.9 Å². The fourth-order valence-corrected chi connectivity index (χ4v) is 3.66. The van der Waals surface area contributed by atoms with Crippen molar-refractivity contribution in [2.75, 3.05) is 27.2 Å². The molecule has 0 aliphatic carbocycles. The first-order chi connectivity index (χ1) is 13.5. The molecule has 7 heteroatoms. The van der Waals surface area contributed by atoms with Gasteiger partial charge in [-0.05, 0) is 41.8 Å². The van der Waals surface area contributed by atoms with Crippen molar-refractivity contribution in [1.29, 1.82) is 0 Å². The largest absolute Gasteiger partial charge is 0.356 e. The minimum Gasteiger partial charge on any atom is -0.356 e. The number of guanidine groups is 1. The van der Waals surface area contributed by atoms with Crippen LogP contribution >= 0.6 is 23.2 Å². The number of nitrogens with one attached hydrogen (secondary N) is 3. The topological polar surface area (TPSA) is 65.5 Å². The van der Waals surface area contributed by atoms with Crippen LogP contribution in [-0.2, 0) is 6.42 Å². The maximum atomic E-state index is 11.7. The molecule has 2 rings (SSSR count). The molecule has 0 aromatic heterocycles. The van der Waals surface area contributed by atoms with E-state index in [1.807, 2.05) is 36.4 Å². The summed E-state index contributed by atoms with van der Waals surface area (Å²) >= 11 is 12.6. The molecule has 0 saturated heterocycles. The molecule has 5 nitrogen and oxygen atoms in total. The summed E-state index contributed by atoms with van der Waals surface area (Å²) in [5.41, 5.74) is 2.67. The molecule has 0 spiro atoms. The van der Waals surface area contributed by atoms with Gasteiger partial charge in [-0.1, -0.05) is 48.3 Å². The highest BCUT2D eigenvalue weighted by molar-refractivity contribution is 6.36. The summed E-state index contributed by atoms with van der Waals surface area (Å²) in [7, 11) is 3.36. The first kappa shape index (κ1) is 22.1. The zero-order chi connectivity index (χ0) is 20.5. The fraction of sp³-hybridized carbons (Fsp3) is 0.333. The van der Waals surface area contributed by atoms with Crippen molar-refractivity contribution < 1.29 is 4.79 Å². The Labute approximate surface area is 176 Å². The Balaban J connectivity index is 1.86. The molecule has 150 valence electrons. The molecule has 28 heavy (non-hydrogen) atoms. The SMILES string of the molecule is CN=C(NCCc1cccc(C(=O)NC)c1)NCC(C)c1c(Cl)cccc1Cl. The van der Waals surface area contributed by atoms with Crippen LogP contribution in [0.25, 0.3) is 0 Å². The van der Waals surface area contributed by atoms with Gasteiger partial charge in [0.25, 0.3) is 5.91 Å². The number of carbonyl (C=O) groups excluding carboxylic acids is 1. The van der Waals surface area contributed by atoms with Gasteiger partial charge in [0.1, 0.15) is 0 Å². The van der Waals surface area contributed by atoms with E-state index in [0.29, 0.717) is 34.7 Å². The number of hydrogen-bond donors (Lipinski definition) is 3. The summed E-state index contributed by atoms with van der Waals surface area (Å²) in [6.07, 6.45) is 0.775. The summed E-state index contributed by atoms with van der Waals surface area (Å²) < 4.78 is 0. The Morgan fingerprint density at radius 2 is 1.79 bits per heavy atom. The second-order valence-corrected chi connectivity index (χ2v) is 7.26. The number of rotatable bonds is 7. The number of benzene rings is 2. The number of amides is 1. The normalized spacial score (nSPS) is 12.4. The lowest BCUT2D eigenvalue weighted by atomic mass is 10.0. The third kappa shape index (κ3) is 6.14. The lowest BCUT2D eigenvalue weighted by Crippen LogP contribution is -2.40. The number of halogens is 2. The van der Waals surface area contributed by atoms with Crippen molar-refractivity contribution in [1.82, 2.24) is 16.0 Å². The molecule has 0 heterocycles. The minimum atomic E-state index is -0.0838. The van der Waals surface area contributed by atoms with Crippen LogP contribution in [0, 0.1) is 0 Å². The van der Waals surface area contributed by atoms with Crippen LogP contribution < -0.4 is 16.0 Å². The highest BCUT2D eigenvalue weighted by Gasteiger charge is 2.14. The Bertz CT molecular complexity index is 819. The fourth-order valence-electron chi connectivity index (χ4n) is 2.89. The molecule has 1 amide bonds. The molecule has 3 N–H and O–H groups in total. The molecule has 0 fully saturated rings. The highest BCUT2D eigenvalue weighted by Crippen LogP contribution is 2.30. The van der Waals surface area contributed by atoms with Crippen molar-refractivity contribution in [2.24, 2.45) is 4.99 Å². The molecule has 2 aromatic carbocycles. The highest BCUT2D eigenvalue weighted by atomic mass is 35.5. The maximum absolute atomic E-state index is 11.7. The first-order valence-corrected chi connectivity index (χ1v) is 9.91. The first-order valence-electron chi connectivity index (χ1n) is 9.15. The lowest BCUT2D eigenvalue weighted by molar-refractivity contribution is 0.0963. The monoisotopic (exact) mass is 420 g/mol. The molecule has 2 aromatic rings. The number of aliphatic imine (C=N–C) groups is 1. The van der Waals surface area contributed by atoms with Crippen molar-refractivity contribution >= 4 is 35.1 Å². The predicted molar refractivity (Wildman–Crippen MR) is 118 cm³/mol. The van der Waals surface area contributed by atoms with Crippen LogP contribution in [0.1, 0.15) is 34.3 Å². The molecule has 0 bridgehead atoms. The summed E-state index contributed by atoms with van der Waals surface area (Å²) in [4.78, 5) is 16.0.